The second kappa shape index (κ2) is 11.4. The fraction of sp³-hybridized carbons (Fsp3) is 0.222. The largest absolute Gasteiger partial charge is 0.497 e. The Morgan fingerprint density at radius 2 is 1.70 bits per heavy atom. The highest BCUT2D eigenvalue weighted by atomic mass is 35.5. The van der Waals surface area contributed by atoms with Crippen molar-refractivity contribution in [3.05, 3.63) is 52.5 Å². The van der Waals surface area contributed by atoms with E-state index in [1.54, 1.807) is 18.2 Å². The Hall–Kier alpha value is -1.98. The summed E-state index contributed by atoms with van der Waals surface area (Å²) in [7, 11) is -2.28. The van der Waals surface area contributed by atoms with Gasteiger partial charge < -0.3 is 4.74 Å². The highest BCUT2D eigenvalue weighted by Crippen LogP contribution is 2.29. The van der Waals surface area contributed by atoms with Gasteiger partial charge in [-0.25, -0.2) is 13.1 Å². The molecule has 0 saturated carbocycles. The average Bonchev–Trinajstić information content (AvgIpc) is 2.72. The van der Waals surface area contributed by atoms with Crippen molar-refractivity contribution in [3.8, 4) is 5.75 Å². The Morgan fingerprint density at radius 3 is 2.37 bits per heavy atom. The van der Waals surface area contributed by atoms with Crippen LogP contribution >= 0.6 is 35.0 Å². The molecule has 0 aliphatic carbocycles. The number of benzene rings is 2. The summed E-state index contributed by atoms with van der Waals surface area (Å²) in [6.45, 7) is -0.136. The lowest BCUT2D eigenvalue weighted by Crippen LogP contribution is -2.43. The van der Waals surface area contributed by atoms with Crippen LogP contribution in [0.25, 0.3) is 0 Å². The molecule has 12 heteroatoms. The van der Waals surface area contributed by atoms with E-state index in [-0.39, 0.29) is 23.6 Å². The minimum absolute atomic E-state index is 0.00441. The molecule has 0 radical (unpaired) electrons. The maximum Gasteiger partial charge on any atom is 0.248 e. The number of amides is 2. The van der Waals surface area contributed by atoms with Crippen LogP contribution in [0.1, 0.15) is 6.42 Å². The monoisotopic (exact) mass is 491 g/mol. The number of carbonyl (C=O) groups excluding carboxylic acids is 2. The number of rotatable bonds is 9. The predicted octanol–water partition coefficient (Wildman–Crippen LogP) is 2.61. The Morgan fingerprint density at radius 1 is 1.03 bits per heavy atom. The number of hydrogen-bond donors (Lipinski definition) is 3. The van der Waals surface area contributed by atoms with Gasteiger partial charge >= 0.3 is 0 Å². The molecular weight excluding hydrogens is 473 g/mol. The standard InChI is InChI=1S/C18H19Cl2N3O5S2/c1-28-13-3-5-14(6-4-13)30(26,27)21-9-8-17(24)22-23-18(25)11-29-16-10-12(19)2-7-15(16)20/h2-7,10,21H,8-9,11H2,1H3,(H,22,24)(H,23,25). The maximum absolute atomic E-state index is 12.2. The highest BCUT2D eigenvalue weighted by molar-refractivity contribution is 8.00. The fourth-order valence-corrected chi connectivity index (χ4v) is 4.43. The summed E-state index contributed by atoms with van der Waals surface area (Å²) in [6, 6.07) is 10.7. The normalized spacial score (nSPS) is 11.0. The number of thioether (sulfide) groups is 1. The molecule has 2 aromatic rings. The SMILES string of the molecule is COc1ccc(S(=O)(=O)NCCC(=O)NNC(=O)CSc2cc(Cl)ccc2Cl)cc1. The van der Waals surface area contributed by atoms with E-state index in [1.165, 1.54) is 31.4 Å². The molecule has 2 aromatic carbocycles. The zero-order valence-corrected chi connectivity index (χ0v) is 18.9. The van der Waals surface area contributed by atoms with Gasteiger partial charge in [0.2, 0.25) is 21.8 Å². The molecule has 0 saturated heterocycles. The van der Waals surface area contributed by atoms with Crippen molar-refractivity contribution < 1.29 is 22.7 Å². The van der Waals surface area contributed by atoms with E-state index in [0.29, 0.717) is 20.7 Å². The molecule has 0 bridgehead atoms. The van der Waals surface area contributed by atoms with Crippen LogP contribution in [0.3, 0.4) is 0 Å². The molecule has 0 aliphatic heterocycles. The predicted molar refractivity (Wildman–Crippen MR) is 116 cm³/mol. The first kappa shape index (κ1) is 24.3. The molecule has 0 aliphatic rings. The smallest absolute Gasteiger partial charge is 0.248 e. The van der Waals surface area contributed by atoms with Crippen LogP contribution in [0, 0.1) is 0 Å². The Labute approximate surface area is 188 Å². The third kappa shape index (κ3) is 7.69. The van der Waals surface area contributed by atoms with E-state index in [1.807, 2.05) is 0 Å². The number of carbonyl (C=O) groups is 2. The number of methoxy groups -OCH3 is 1. The lowest BCUT2D eigenvalue weighted by Gasteiger charge is -2.09. The number of ether oxygens (including phenoxy) is 1. The average molecular weight is 492 g/mol. The molecule has 3 N–H and O–H groups in total. The summed E-state index contributed by atoms with van der Waals surface area (Å²) < 4.78 is 31.6. The van der Waals surface area contributed by atoms with E-state index < -0.39 is 21.8 Å². The van der Waals surface area contributed by atoms with Gasteiger partial charge in [0.05, 0.1) is 22.8 Å². The van der Waals surface area contributed by atoms with E-state index in [0.717, 1.165) is 11.8 Å². The number of hydrazine groups is 1. The molecular formula is C18H19Cl2N3O5S2. The lowest BCUT2D eigenvalue weighted by molar-refractivity contribution is -0.127. The third-order valence-electron chi connectivity index (χ3n) is 3.61. The van der Waals surface area contributed by atoms with Crippen molar-refractivity contribution >= 4 is 56.8 Å². The first-order chi connectivity index (χ1) is 14.2. The van der Waals surface area contributed by atoms with Crippen molar-refractivity contribution in [3.63, 3.8) is 0 Å². The molecule has 0 spiro atoms. The highest BCUT2D eigenvalue weighted by Gasteiger charge is 2.14. The van der Waals surface area contributed by atoms with Crippen LogP contribution < -0.4 is 20.3 Å². The summed E-state index contributed by atoms with van der Waals surface area (Å²) >= 11 is 13.1. The summed E-state index contributed by atoms with van der Waals surface area (Å²) in [5.74, 6) is -0.473. The van der Waals surface area contributed by atoms with Gasteiger partial charge in [-0.05, 0) is 42.5 Å². The molecule has 30 heavy (non-hydrogen) atoms. The fourth-order valence-electron chi connectivity index (χ4n) is 2.11. The maximum atomic E-state index is 12.2. The van der Waals surface area contributed by atoms with Gasteiger partial charge in [0.15, 0.2) is 0 Å². The Bertz CT molecular complexity index is 1000. The lowest BCUT2D eigenvalue weighted by atomic mass is 10.3. The number of sulfonamides is 1. The van der Waals surface area contributed by atoms with Gasteiger partial charge in [0.1, 0.15) is 5.75 Å². The van der Waals surface area contributed by atoms with Crippen molar-refractivity contribution in [2.24, 2.45) is 0 Å². The molecule has 2 rings (SSSR count). The topological polar surface area (TPSA) is 114 Å². The molecule has 8 nitrogen and oxygen atoms in total. The number of halogens is 2. The minimum Gasteiger partial charge on any atom is -0.497 e. The van der Waals surface area contributed by atoms with Gasteiger partial charge in [-0.15, -0.1) is 11.8 Å². The van der Waals surface area contributed by atoms with Gasteiger partial charge in [-0.1, -0.05) is 23.2 Å². The summed E-state index contributed by atoms with van der Waals surface area (Å²) in [5, 5.41) is 0.957. The van der Waals surface area contributed by atoms with Crippen LogP contribution in [-0.4, -0.2) is 39.6 Å². The third-order valence-corrected chi connectivity index (χ3v) is 6.82. The van der Waals surface area contributed by atoms with E-state index in [4.69, 9.17) is 27.9 Å². The van der Waals surface area contributed by atoms with Crippen LogP contribution in [-0.2, 0) is 19.6 Å². The van der Waals surface area contributed by atoms with Gasteiger partial charge in [-0.3, -0.25) is 20.4 Å². The van der Waals surface area contributed by atoms with E-state index >= 15 is 0 Å². The molecule has 2 amide bonds. The molecule has 0 unspecified atom stereocenters. The first-order valence-corrected chi connectivity index (χ1v) is 11.7. The molecule has 0 fully saturated rings. The van der Waals surface area contributed by atoms with Crippen LogP contribution in [0.15, 0.2) is 52.3 Å². The molecule has 0 aromatic heterocycles. The Kier molecular flexibility index (Phi) is 9.25. The van der Waals surface area contributed by atoms with E-state index in [9.17, 15) is 18.0 Å². The van der Waals surface area contributed by atoms with Crippen LogP contribution in [0.4, 0.5) is 0 Å². The number of nitrogens with one attached hydrogen (secondary N) is 3. The summed E-state index contributed by atoms with van der Waals surface area (Å²) in [5.41, 5.74) is 4.48. The zero-order valence-electron chi connectivity index (χ0n) is 15.8. The second-order valence-corrected chi connectivity index (χ2v) is 9.41. The zero-order chi connectivity index (χ0) is 22.1. The van der Waals surface area contributed by atoms with Crippen molar-refractivity contribution in [1.29, 1.82) is 0 Å². The quantitative estimate of drug-likeness (QED) is 0.367. The summed E-state index contributed by atoms with van der Waals surface area (Å²) in [6.07, 6.45) is -0.164. The van der Waals surface area contributed by atoms with Crippen molar-refractivity contribution in [2.75, 3.05) is 19.4 Å². The van der Waals surface area contributed by atoms with Crippen LogP contribution in [0.5, 0.6) is 5.75 Å². The molecule has 162 valence electrons. The van der Waals surface area contributed by atoms with E-state index in [2.05, 4.69) is 15.6 Å². The van der Waals surface area contributed by atoms with Crippen molar-refractivity contribution in [1.82, 2.24) is 15.6 Å². The number of hydrogen-bond acceptors (Lipinski definition) is 6. The van der Waals surface area contributed by atoms with Gasteiger partial charge in [-0.2, -0.15) is 0 Å². The van der Waals surface area contributed by atoms with Gasteiger partial charge in [0, 0.05) is 22.9 Å². The van der Waals surface area contributed by atoms with Gasteiger partial charge in [0.25, 0.3) is 0 Å². The first-order valence-electron chi connectivity index (χ1n) is 8.50. The minimum atomic E-state index is -3.76. The van der Waals surface area contributed by atoms with Crippen LogP contribution in [0.2, 0.25) is 10.0 Å². The molecule has 0 atom stereocenters. The Balaban J connectivity index is 1.71. The summed E-state index contributed by atoms with van der Waals surface area (Å²) in [4.78, 5) is 24.3. The second-order valence-electron chi connectivity index (χ2n) is 5.78. The van der Waals surface area contributed by atoms with Crippen molar-refractivity contribution in [2.45, 2.75) is 16.2 Å². The molecule has 0 heterocycles.